The third-order valence-electron chi connectivity index (χ3n) is 4.05. The molecule has 1 aliphatic rings. The lowest BCUT2D eigenvalue weighted by molar-refractivity contribution is -0.0560. The monoisotopic (exact) mass is 234 g/mol. The lowest BCUT2D eigenvalue weighted by atomic mass is 9.72. The van der Waals surface area contributed by atoms with E-state index in [-0.39, 0.29) is 6.61 Å². The summed E-state index contributed by atoms with van der Waals surface area (Å²) in [5, 5.41) is 20.2. The first-order valence-corrected chi connectivity index (χ1v) is 6.66. The molecular weight excluding hydrogens is 212 g/mol. The molecule has 2 nitrogen and oxygen atoms in total. The highest BCUT2D eigenvalue weighted by molar-refractivity contribution is 5.23. The van der Waals surface area contributed by atoms with Crippen molar-refractivity contribution in [1.29, 1.82) is 0 Å². The highest BCUT2D eigenvalue weighted by Gasteiger charge is 2.38. The topological polar surface area (TPSA) is 40.5 Å². The average Bonchev–Trinajstić information content (AvgIpc) is 2.41. The molecule has 0 heterocycles. The summed E-state index contributed by atoms with van der Waals surface area (Å²) in [5.41, 5.74) is 0.122. The Labute approximate surface area is 103 Å². The molecule has 1 aromatic rings. The quantitative estimate of drug-likeness (QED) is 0.841. The van der Waals surface area contributed by atoms with Gasteiger partial charge in [-0.15, -0.1) is 0 Å². The first-order valence-electron chi connectivity index (χ1n) is 6.66. The summed E-state index contributed by atoms with van der Waals surface area (Å²) in [4.78, 5) is 0. The Bertz CT molecular complexity index is 330. The van der Waals surface area contributed by atoms with Crippen LogP contribution < -0.4 is 0 Å². The van der Waals surface area contributed by atoms with Crippen LogP contribution in [0.5, 0.6) is 0 Å². The summed E-state index contributed by atoms with van der Waals surface area (Å²) < 4.78 is 0. The Hall–Kier alpha value is -0.860. The Morgan fingerprint density at radius 2 is 1.71 bits per heavy atom. The van der Waals surface area contributed by atoms with Gasteiger partial charge in [0, 0.05) is 13.0 Å². The number of rotatable bonds is 4. The zero-order chi connectivity index (χ0) is 12.1. The molecule has 0 saturated heterocycles. The van der Waals surface area contributed by atoms with Crippen molar-refractivity contribution in [2.24, 2.45) is 5.92 Å². The molecule has 94 valence electrons. The lowest BCUT2D eigenvalue weighted by Crippen LogP contribution is -2.37. The predicted octanol–water partition coefficient (Wildman–Crippen LogP) is 2.84. The number of hydrogen-bond acceptors (Lipinski definition) is 2. The first-order chi connectivity index (χ1) is 8.27. The van der Waals surface area contributed by atoms with Crippen LogP contribution in [0.2, 0.25) is 0 Å². The molecule has 0 spiro atoms. The molecule has 1 fully saturated rings. The normalized spacial score (nSPS) is 21.1. The fourth-order valence-electron chi connectivity index (χ4n) is 3.06. The van der Waals surface area contributed by atoms with Gasteiger partial charge in [0.25, 0.3) is 0 Å². The van der Waals surface area contributed by atoms with Gasteiger partial charge < -0.3 is 10.2 Å². The minimum atomic E-state index is -0.837. The van der Waals surface area contributed by atoms with Gasteiger partial charge in [-0.25, -0.2) is 0 Å². The highest BCUT2D eigenvalue weighted by atomic mass is 16.3. The van der Waals surface area contributed by atoms with E-state index in [0.717, 1.165) is 18.4 Å². The van der Waals surface area contributed by atoms with Crippen LogP contribution in [-0.2, 0) is 5.60 Å². The van der Waals surface area contributed by atoms with Crippen LogP contribution in [0.1, 0.15) is 44.1 Å². The molecule has 0 aliphatic heterocycles. The number of benzene rings is 1. The minimum absolute atomic E-state index is 0.0435. The van der Waals surface area contributed by atoms with Crippen LogP contribution in [0.25, 0.3) is 0 Å². The van der Waals surface area contributed by atoms with Crippen molar-refractivity contribution in [3.8, 4) is 0 Å². The zero-order valence-electron chi connectivity index (χ0n) is 10.3. The average molecular weight is 234 g/mol. The van der Waals surface area contributed by atoms with E-state index in [1.165, 1.54) is 19.3 Å². The predicted molar refractivity (Wildman–Crippen MR) is 68.6 cm³/mol. The van der Waals surface area contributed by atoms with E-state index in [2.05, 4.69) is 0 Å². The second-order valence-electron chi connectivity index (χ2n) is 5.10. The Balaban J connectivity index is 2.24. The largest absolute Gasteiger partial charge is 0.396 e. The van der Waals surface area contributed by atoms with Crippen LogP contribution in [0.4, 0.5) is 0 Å². The maximum atomic E-state index is 10.9. The summed E-state index contributed by atoms with van der Waals surface area (Å²) in [6.07, 6.45) is 6.27. The van der Waals surface area contributed by atoms with Crippen molar-refractivity contribution in [3.05, 3.63) is 35.9 Å². The van der Waals surface area contributed by atoms with E-state index in [9.17, 15) is 10.2 Å². The van der Waals surface area contributed by atoms with Gasteiger partial charge in [-0.3, -0.25) is 0 Å². The van der Waals surface area contributed by atoms with Crippen LogP contribution in [0, 0.1) is 5.92 Å². The molecule has 1 atom stereocenters. The fourth-order valence-corrected chi connectivity index (χ4v) is 3.06. The van der Waals surface area contributed by atoms with Crippen molar-refractivity contribution in [2.45, 2.75) is 44.1 Å². The van der Waals surface area contributed by atoms with Crippen molar-refractivity contribution in [3.63, 3.8) is 0 Å². The van der Waals surface area contributed by atoms with Gasteiger partial charge in [-0.2, -0.15) is 0 Å². The van der Waals surface area contributed by atoms with E-state index in [1.807, 2.05) is 30.3 Å². The molecule has 1 saturated carbocycles. The highest BCUT2D eigenvalue weighted by Crippen LogP contribution is 2.41. The summed E-state index contributed by atoms with van der Waals surface area (Å²) in [6, 6.07) is 9.83. The van der Waals surface area contributed by atoms with Gasteiger partial charge in [0.05, 0.1) is 5.60 Å². The summed E-state index contributed by atoms with van der Waals surface area (Å²) >= 11 is 0. The van der Waals surface area contributed by atoms with E-state index in [4.69, 9.17) is 0 Å². The Morgan fingerprint density at radius 3 is 2.29 bits per heavy atom. The van der Waals surface area contributed by atoms with E-state index >= 15 is 0 Å². The summed E-state index contributed by atoms with van der Waals surface area (Å²) in [7, 11) is 0. The lowest BCUT2D eigenvalue weighted by Gasteiger charge is -2.38. The van der Waals surface area contributed by atoms with Crippen LogP contribution in [0.15, 0.2) is 30.3 Å². The van der Waals surface area contributed by atoms with Gasteiger partial charge in [0.2, 0.25) is 0 Å². The Morgan fingerprint density at radius 1 is 1.06 bits per heavy atom. The molecular formula is C15H22O2. The van der Waals surface area contributed by atoms with Gasteiger partial charge in [0.15, 0.2) is 0 Å². The molecule has 0 amide bonds. The van der Waals surface area contributed by atoms with Gasteiger partial charge in [-0.05, 0) is 24.3 Å². The molecule has 0 radical (unpaired) electrons. The summed E-state index contributed by atoms with van der Waals surface area (Å²) in [6.45, 7) is 0.0435. The number of aliphatic hydroxyl groups excluding tert-OH is 1. The van der Waals surface area contributed by atoms with Crippen molar-refractivity contribution >= 4 is 0 Å². The Kier molecular flexibility index (Phi) is 4.19. The summed E-state index contributed by atoms with van der Waals surface area (Å²) in [5.74, 6) is 0.297. The van der Waals surface area contributed by atoms with Crippen molar-refractivity contribution in [1.82, 2.24) is 0 Å². The number of hydrogen-bond donors (Lipinski definition) is 2. The SMILES string of the molecule is OCC[C@@](O)(c1ccccc1)C1CCCCC1. The van der Waals surface area contributed by atoms with Gasteiger partial charge in [-0.1, -0.05) is 49.6 Å². The van der Waals surface area contributed by atoms with Crippen molar-refractivity contribution < 1.29 is 10.2 Å². The maximum Gasteiger partial charge on any atom is 0.0946 e. The molecule has 17 heavy (non-hydrogen) atoms. The van der Waals surface area contributed by atoms with Gasteiger partial charge >= 0.3 is 0 Å². The van der Waals surface area contributed by atoms with E-state index < -0.39 is 5.60 Å². The van der Waals surface area contributed by atoms with Crippen LogP contribution >= 0.6 is 0 Å². The standard InChI is InChI=1S/C15H22O2/c16-12-11-15(17,13-7-3-1-4-8-13)14-9-5-2-6-10-14/h1,3-4,7-8,14,16-17H,2,5-6,9-12H2/t15-/m1/s1. The van der Waals surface area contributed by atoms with E-state index in [1.54, 1.807) is 0 Å². The molecule has 2 N–H and O–H groups in total. The molecule has 0 unspecified atom stereocenters. The maximum absolute atomic E-state index is 10.9. The van der Waals surface area contributed by atoms with Crippen LogP contribution in [0.3, 0.4) is 0 Å². The van der Waals surface area contributed by atoms with Gasteiger partial charge in [0.1, 0.15) is 0 Å². The minimum Gasteiger partial charge on any atom is -0.396 e. The molecule has 0 aromatic heterocycles. The third-order valence-corrected chi connectivity index (χ3v) is 4.05. The molecule has 1 aliphatic carbocycles. The van der Waals surface area contributed by atoms with Crippen LogP contribution in [-0.4, -0.2) is 16.8 Å². The second-order valence-corrected chi connectivity index (χ2v) is 5.10. The zero-order valence-corrected chi connectivity index (χ0v) is 10.3. The second kappa shape index (κ2) is 5.65. The molecule has 2 heteroatoms. The molecule has 2 rings (SSSR count). The third kappa shape index (κ3) is 2.70. The first kappa shape index (κ1) is 12.6. The number of aliphatic hydroxyl groups is 2. The smallest absolute Gasteiger partial charge is 0.0946 e. The van der Waals surface area contributed by atoms with Crippen molar-refractivity contribution in [2.75, 3.05) is 6.61 Å². The molecule has 0 bridgehead atoms. The fraction of sp³-hybridized carbons (Fsp3) is 0.600. The molecule has 1 aromatic carbocycles. The van der Waals surface area contributed by atoms with E-state index in [0.29, 0.717) is 12.3 Å².